The van der Waals surface area contributed by atoms with Crippen LogP contribution >= 0.6 is 0 Å². The molecule has 94 valence electrons. The smallest absolute Gasteiger partial charge is 0.258 e. The minimum atomic E-state index is -2.48. The van der Waals surface area contributed by atoms with Crippen LogP contribution in [0.4, 0.5) is 14.5 Å². The molecular weight excluding hydrogens is 226 g/mol. The first-order chi connectivity index (χ1) is 8.05. The number of alkyl halides is 2. The average Bonchev–Trinajstić information content (AvgIpc) is 2.74. The minimum Gasteiger partial charge on any atom is -0.497 e. The lowest BCUT2D eigenvalue weighted by Gasteiger charge is -2.24. The molecule has 2 N–H and O–H groups in total. The van der Waals surface area contributed by atoms with E-state index in [9.17, 15) is 8.78 Å². The van der Waals surface area contributed by atoms with Gasteiger partial charge in [-0.1, -0.05) is 0 Å². The van der Waals surface area contributed by atoms with Gasteiger partial charge < -0.3 is 15.4 Å². The number of hydrogen-bond donors (Lipinski definition) is 1. The van der Waals surface area contributed by atoms with E-state index in [0.717, 1.165) is 11.4 Å². The first-order valence-electron chi connectivity index (χ1n) is 5.51. The van der Waals surface area contributed by atoms with Gasteiger partial charge in [-0.25, -0.2) is 8.78 Å². The molecule has 1 heterocycles. The minimum absolute atomic E-state index is 0.191. The Balaban J connectivity index is 2.09. The van der Waals surface area contributed by atoms with E-state index in [-0.39, 0.29) is 6.54 Å². The average molecular weight is 242 g/mol. The van der Waals surface area contributed by atoms with Crippen molar-refractivity contribution >= 4 is 5.69 Å². The van der Waals surface area contributed by atoms with Crippen molar-refractivity contribution in [1.29, 1.82) is 0 Å². The summed E-state index contributed by atoms with van der Waals surface area (Å²) < 4.78 is 30.6. The Bertz CT molecular complexity index is 383. The second-order valence-electron chi connectivity index (χ2n) is 4.40. The fourth-order valence-electron chi connectivity index (χ4n) is 2.05. The summed E-state index contributed by atoms with van der Waals surface area (Å²) in [4.78, 5) is 1.88. The maximum Gasteiger partial charge on any atom is 0.258 e. The molecule has 5 heteroatoms. The second kappa shape index (κ2) is 4.49. The van der Waals surface area contributed by atoms with Crippen LogP contribution in [0.25, 0.3) is 0 Å². The standard InChI is InChI=1S/C12H16F2N2O/c1-17-10-4-2-9(3-5-10)16-7-6-12(15,8-16)11(13)14/h2-5,11H,6-8,15H2,1H3. The number of ether oxygens (including phenoxy) is 1. The van der Waals surface area contributed by atoms with Crippen LogP contribution in [0.1, 0.15) is 6.42 Å². The summed E-state index contributed by atoms with van der Waals surface area (Å²) in [7, 11) is 1.59. The van der Waals surface area contributed by atoms with E-state index in [1.807, 2.05) is 29.2 Å². The highest BCUT2D eigenvalue weighted by Crippen LogP contribution is 2.30. The first-order valence-corrected chi connectivity index (χ1v) is 5.51. The summed E-state index contributed by atoms with van der Waals surface area (Å²) >= 11 is 0. The molecule has 1 unspecified atom stereocenters. The lowest BCUT2D eigenvalue weighted by atomic mass is 10.0. The third-order valence-corrected chi connectivity index (χ3v) is 3.20. The number of nitrogens with zero attached hydrogens (tertiary/aromatic N) is 1. The molecule has 1 aliphatic heterocycles. The number of hydrogen-bond acceptors (Lipinski definition) is 3. The van der Waals surface area contributed by atoms with Gasteiger partial charge in [-0.05, 0) is 30.7 Å². The SMILES string of the molecule is COc1ccc(N2CCC(N)(C(F)F)C2)cc1. The van der Waals surface area contributed by atoms with Gasteiger partial charge in [-0.15, -0.1) is 0 Å². The summed E-state index contributed by atoms with van der Waals surface area (Å²) in [6.07, 6.45) is -2.16. The van der Waals surface area contributed by atoms with Crippen LogP contribution in [-0.2, 0) is 0 Å². The Morgan fingerprint density at radius 1 is 1.35 bits per heavy atom. The molecule has 17 heavy (non-hydrogen) atoms. The maximum absolute atomic E-state index is 12.8. The lowest BCUT2D eigenvalue weighted by Crippen LogP contribution is -2.49. The van der Waals surface area contributed by atoms with Gasteiger partial charge in [-0.3, -0.25) is 0 Å². The number of methoxy groups -OCH3 is 1. The molecule has 0 spiro atoms. The summed E-state index contributed by atoms with van der Waals surface area (Å²) in [6.45, 7) is 0.754. The first kappa shape index (κ1) is 12.1. The normalized spacial score (nSPS) is 24.4. The van der Waals surface area contributed by atoms with Crippen molar-refractivity contribution in [3.63, 3.8) is 0 Å². The highest BCUT2D eigenvalue weighted by atomic mass is 19.3. The van der Waals surface area contributed by atoms with Gasteiger partial charge in [0.05, 0.1) is 12.6 Å². The number of benzene rings is 1. The maximum atomic E-state index is 12.8. The van der Waals surface area contributed by atoms with E-state index in [0.29, 0.717) is 13.0 Å². The summed E-state index contributed by atoms with van der Waals surface area (Å²) in [5, 5.41) is 0. The topological polar surface area (TPSA) is 38.5 Å². The van der Waals surface area contributed by atoms with Crippen LogP contribution in [0.15, 0.2) is 24.3 Å². The van der Waals surface area contributed by atoms with Crippen molar-refractivity contribution in [1.82, 2.24) is 0 Å². The van der Waals surface area contributed by atoms with Gasteiger partial charge >= 0.3 is 0 Å². The van der Waals surface area contributed by atoms with Crippen molar-refractivity contribution in [2.24, 2.45) is 5.73 Å². The third-order valence-electron chi connectivity index (χ3n) is 3.20. The zero-order valence-electron chi connectivity index (χ0n) is 9.70. The second-order valence-corrected chi connectivity index (χ2v) is 4.40. The molecule has 0 bridgehead atoms. The van der Waals surface area contributed by atoms with E-state index >= 15 is 0 Å². The molecule has 0 radical (unpaired) electrons. The van der Waals surface area contributed by atoms with Crippen molar-refractivity contribution in [2.45, 2.75) is 18.4 Å². The molecular formula is C12H16F2N2O. The predicted molar refractivity (Wildman–Crippen MR) is 62.7 cm³/mol. The van der Waals surface area contributed by atoms with E-state index in [2.05, 4.69) is 0 Å². The van der Waals surface area contributed by atoms with Crippen molar-refractivity contribution in [3.05, 3.63) is 24.3 Å². The van der Waals surface area contributed by atoms with E-state index in [4.69, 9.17) is 10.5 Å². The molecule has 1 aromatic rings. The largest absolute Gasteiger partial charge is 0.497 e. The van der Waals surface area contributed by atoms with Crippen LogP contribution < -0.4 is 15.4 Å². The Kier molecular flexibility index (Phi) is 3.19. The molecule has 0 aliphatic carbocycles. The number of anilines is 1. The number of halogens is 2. The van der Waals surface area contributed by atoms with Crippen molar-refractivity contribution in [3.8, 4) is 5.75 Å². The van der Waals surface area contributed by atoms with Gasteiger partial charge in [0.25, 0.3) is 6.43 Å². The van der Waals surface area contributed by atoms with E-state index in [1.54, 1.807) is 7.11 Å². The highest BCUT2D eigenvalue weighted by molar-refractivity contribution is 5.50. The quantitative estimate of drug-likeness (QED) is 0.879. The molecule has 0 saturated carbocycles. The number of nitrogens with two attached hydrogens (primary N) is 1. The zero-order valence-corrected chi connectivity index (χ0v) is 9.70. The molecule has 1 atom stereocenters. The predicted octanol–water partition coefficient (Wildman–Crippen LogP) is 1.87. The monoisotopic (exact) mass is 242 g/mol. The Morgan fingerprint density at radius 3 is 2.47 bits per heavy atom. The van der Waals surface area contributed by atoms with Gasteiger partial charge in [-0.2, -0.15) is 0 Å². The fourth-order valence-corrected chi connectivity index (χ4v) is 2.05. The van der Waals surface area contributed by atoms with Crippen LogP contribution in [0.3, 0.4) is 0 Å². The molecule has 0 aromatic heterocycles. The molecule has 2 rings (SSSR count). The summed E-state index contributed by atoms with van der Waals surface area (Å²) in [6, 6.07) is 7.34. The summed E-state index contributed by atoms with van der Waals surface area (Å²) in [5.41, 5.74) is 5.20. The Labute approximate surface area is 99.2 Å². The van der Waals surface area contributed by atoms with Gasteiger partial charge in [0.15, 0.2) is 0 Å². The van der Waals surface area contributed by atoms with Crippen molar-refractivity contribution < 1.29 is 13.5 Å². The highest BCUT2D eigenvalue weighted by Gasteiger charge is 2.42. The van der Waals surface area contributed by atoms with Crippen LogP contribution in [0.2, 0.25) is 0 Å². The molecule has 1 fully saturated rings. The van der Waals surface area contributed by atoms with Crippen molar-refractivity contribution in [2.75, 3.05) is 25.1 Å². The molecule has 1 aliphatic rings. The molecule has 1 saturated heterocycles. The van der Waals surface area contributed by atoms with Gasteiger partial charge in [0.1, 0.15) is 5.75 Å². The molecule has 3 nitrogen and oxygen atoms in total. The molecule has 1 aromatic carbocycles. The van der Waals surface area contributed by atoms with Gasteiger partial charge in [0.2, 0.25) is 0 Å². The van der Waals surface area contributed by atoms with Gasteiger partial charge in [0, 0.05) is 18.8 Å². The lowest BCUT2D eigenvalue weighted by molar-refractivity contribution is 0.0655. The Hall–Kier alpha value is -1.36. The van der Waals surface area contributed by atoms with E-state index < -0.39 is 12.0 Å². The van der Waals surface area contributed by atoms with Crippen LogP contribution in [0, 0.1) is 0 Å². The molecule has 0 amide bonds. The Morgan fingerprint density at radius 2 is 2.00 bits per heavy atom. The fraction of sp³-hybridized carbons (Fsp3) is 0.500. The van der Waals surface area contributed by atoms with E-state index in [1.165, 1.54) is 0 Å². The van der Waals surface area contributed by atoms with Crippen LogP contribution in [0.5, 0.6) is 5.75 Å². The zero-order chi connectivity index (χ0) is 12.5. The van der Waals surface area contributed by atoms with Crippen LogP contribution in [-0.4, -0.2) is 32.2 Å². The summed E-state index contributed by atoms with van der Waals surface area (Å²) in [5.74, 6) is 0.751. The number of rotatable bonds is 3. The third kappa shape index (κ3) is 2.34.